The molecule has 0 saturated carbocycles. The molecule has 2 heterocycles. The molecule has 0 atom stereocenters. The number of rotatable bonds is 4. The molecule has 0 N–H and O–H groups in total. The van der Waals surface area contributed by atoms with Crippen LogP contribution in [0.15, 0.2) is 18.3 Å². The fourth-order valence-corrected chi connectivity index (χ4v) is 2.09. The Hall–Kier alpha value is -1.22. The number of aldehydes is 1. The Balaban J connectivity index is 1.94. The van der Waals surface area contributed by atoms with E-state index in [0.717, 1.165) is 43.3 Å². The van der Waals surface area contributed by atoms with E-state index in [0.29, 0.717) is 5.69 Å². The van der Waals surface area contributed by atoms with Crippen molar-refractivity contribution in [2.24, 2.45) is 11.8 Å². The van der Waals surface area contributed by atoms with Crippen LogP contribution in [0, 0.1) is 11.8 Å². The predicted octanol–water partition coefficient (Wildman–Crippen LogP) is 1.98. The highest BCUT2D eigenvalue weighted by atomic mass is 16.1. The fourth-order valence-electron chi connectivity index (χ4n) is 2.09. The number of hydrogen-bond donors (Lipinski definition) is 0. The maximum Gasteiger partial charge on any atom is 0.168 e. The van der Waals surface area contributed by atoms with Crippen molar-refractivity contribution in [3.8, 4) is 0 Å². The molecular formula is C13H18N2O. The van der Waals surface area contributed by atoms with Crippen molar-refractivity contribution in [3.05, 3.63) is 29.6 Å². The molecule has 0 unspecified atom stereocenters. The number of carbonyl (C=O) groups is 1. The standard InChI is InChI=1S/C13H18N2O/c1-10(2)12-7-15(8-12)6-11-4-3-5-14-13(11)9-16/h3-5,9-10,12H,6-8H2,1-2H3. The third-order valence-corrected chi connectivity index (χ3v) is 3.36. The summed E-state index contributed by atoms with van der Waals surface area (Å²) in [5.41, 5.74) is 1.62. The molecule has 1 aromatic rings. The van der Waals surface area contributed by atoms with Crippen molar-refractivity contribution in [1.82, 2.24) is 9.88 Å². The summed E-state index contributed by atoms with van der Waals surface area (Å²) in [6.07, 6.45) is 2.51. The van der Waals surface area contributed by atoms with Gasteiger partial charge in [-0.3, -0.25) is 14.7 Å². The molecule has 0 aromatic carbocycles. The summed E-state index contributed by atoms with van der Waals surface area (Å²) < 4.78 is 0. The number of likely N-dealkylation sites (tertiary alicyclic amines) is 1. The molecular weight excluding hydrogens is 200 g/mol. The molecule has 0 spiro atoms. The van der Waals surface area contributed by atoms with Gasteiger partial charge in [0.15, 0.2) is 6.29 Å². The van der Waals surface area contributed by atoms with Crippen LogP contribution in [-0.2, 0) is 6.54 Å². The summed E-state index contributed by atoms with van der Waals surface area (Å²) in [7, 11) is 0. The van der Waals surface area contributed by atoms with Crippen LogP contribution in [0.25, 0.3) is 0 Å². The highest BCUT2D eigenvalue weighted by Crippen LogP contribution is 2.25. The summed E-state index contributed by atoms with van der Waals surface area (Å²) in [4.78, 5) is 17.2. The molecule has 16 heavy (non-hydrogen) atoms. The number of pyridine rings is 1. The summed E-state index contributed by atoms with van der Waals surface area (Å²) >= 11 is 0. The second-order valence-electron chi connectivity index (χ2n) is 4.86. The lowest BCUT2D eigenvalue weighted by molar-refractivity contribution is 0.0610. The number of aromatic nitrogens is 1. The van der Waals surface area contributed by atoms with Crippen LogP contribution in [0.2, 0.25) is 0 Å². The number of carbonyl (C=O) groups excluding carboxylic acids is 1. The quantitative estimate of drug-likeness (QED) is 0.724. The summed E-state index contributed by atoms with van der Waals surface area (Å²) in [6, 6.07) is 3.88. The molecule has 1 fully saturated rings. The normalized spacial score (nSPS) is 17.4. The van der Waals surface area contributed by atoms with Crippen molar-refractivity contribution >= 4 is 6.29 Å². The number of hydrogen-bond acceptors (Lipinski definition) is 3. The van der Waals surface area contributed by atoms with Crippen LogP contribution in [0.5, 0.6) is 0 Å². The molecule has 1 aliphatic heterocycles. The van der Waals surface area contributed by atoms with Crippen molar-refractivity contribution in [2.45, 2.75) is 20.4 Å². The van der Waals surface area contributed by atoms with Crippen LogP contribution in [0.4, 0.5) is 0 Å². The first-order valence-electron chi connectivity index (χ1n) is 5.82. The first-order valence-corrected chi connectivity index (χ1v) is 5.82. The first-order chi connectivity index (χ1) is 7.70. The maximum atomic E-state index is 10.8. The molecule has 0 amide bonds. The van der Waals surface area contributed by atoms with E-state index in [9.17, 15) is 4.79 Å². The van der Waals surface area contributed by atoms with E-state index in [1.54, 1.807) is 6.20 Å². The average molecular weight is 218 g/mol. The van der Waals surface area contributed by atoms with E-state index in [-0.39, 0.29) is 0 Å². The fraction of sp³-hybridized carbons (Fsp3) is 0.538. The van der Waals surface area contributed by atoms with Crippen LogP contribution in [0.3, 0.4) is 0 Å². The van der Waals surface area contributed by atoms with Gasteiger partial charge in [0.05, 0.1) is 0 Å². The third-order valence-electron chi connectivity index (χ3n) is 3.36. The van der Waals surface area contributed by atoms with Crippen LogP contribution >= 0.6 is 0 Å². The molecule has 1 aliphatic rings. The van der Waals surface area contributed by atoms with Gasteiger partial charge in [-0.05, 0) is 23.5 Å². The highest BCUT2D eigenvalue weighted by molar-refractivity contribution is 5.73. The van der Waals surface area contributed by atoms with Crippen molar-refractivity contribution < 1.29 is 4.79 Å². The lowest BCUT2D eigenvalue weighted by Gasteiger charge is -2.41. The molecule has 3 heteroatoms. The summed E-state index contributed by atoms with van der Waals surface area (Å²) in [6.45, 7) is 7.67. The van der Waals surface area contributed by atoms with Crippen molar-refractivity contribution in [1.29, 1.82) is 0 Å². The summed E-state index contributed by atoms with van der Waals surface area (Å²) in [5.74, 6) is 1.58. The smallest absolute Gasteiger partial charge is 0.168 e. The Kier molecular flexibility index (Phi) is 3.34. The minimum Gasteiger partial charge on any atom is -0.298 e. The minimum absolute atomic E-state index is 0.579. The molecule has 1 saturated heterocycles. The second kappa shape index (κ2) is 4.74. The SMILES string of the molecule is CC(C)C1CN(Cc2cccnc2C=O)C1. The minimum atomic E-state index is 0.579. The van der Waals surface area contributed by atoms with E-state index in [2.05, 4.69) is 23.7 Å². The lowest BCUT2D eigenvalue weighted by atomic mass is 9.88. The van der Waals surface area contributed by atoms with E-state index in [1.807, 2.05) is 12.1 Å². The van der Waals surface area contributed by atoms with Gasteiger partial charge in [0.1, 0.15) is 5.69 Å². The van der Waals surface area contributed by atoms with E-state index in [1.165, 1.54) is 0 Å². The van der Waals surface area contributed by atoms with Gasteiger partial charge >= 0.3 is 0 Å². The van der Waals surface area contributed by atoms with Gasteiger partial charge in [0, 0.05) is 25.8 Å². The Bertz CT molecular complexity index is 370. The molecule has 3 nitrogen and oxygen atoms in total. The predicted molar refractivity (Wildman–Crippen MR) is 63.2 cm³/mol. The molecule has 0 radical (unpaired) electrons. The molecule has 2 rings (SSSR count). The van der Waals surface area contributed by atoms with Gasteiger partial charge in [-0.15, -0.1) is 0 Å². The topological polar surface area (TPSA) is 33.2 Å². The second-order valence-corrected chi connectivity index (χ2v) is 4.86. The zero-order valence-corrected chi connectivity index (χ0v) is 9.89. The Labute approximate surface area is 96.5 Å². The van der Waals surface area contributed by atoms with Gasteiger partial charge in [-0.25, -0.2) is 0 Å². The van der Waals surface area contributed by atoms with Crippen molar-refractivity contribution in [2.75, 3.05) is 13.1 Å². The number of nitrogens with zero attached hydrogens (tertiary/aromatic N) is 2. The van der Waals surface area contributed by atoms with E-state index < -0.39 is 0 Å². The molecule has 86 valence electrons. The van der Waals surface area contributed by atoms with Crippen molar-refractivity contribution in [3.63, 3.8) is 0 Å². The van der Waals surface area contributed by atoms with E-state index in [4.69, 9.17) is 0 Å². The lowest BCUT2D eigenvalue weighted by Crippen LogP contribution is -2.48. The Morgan fingerprint density at radius 3 is 2.94 bits per heavy atom. The average Bonchev–Trinajstić information content (AvgIpc) is 2.22. The van der Waals surface area contributed by atoms with Crippen LogP contribution in [0.1, 0.15) is 29.9 Å². The first kappa shape index (κ1) is 11.3. The maximum absolute atomic E-state index is 10.8. The zero-order chi connectivity index (χ0) is 11.5. The summed E-state index contributed by atoms with van der Waals surface area (Å²) in [5, 5.41) is 0. The zero-order valence-electron chi connectivity index (χ0n) is 9.89. The molecule has 0 bridgehead atoms. The van der Waals surface area contributed by atoms with Gasteiger partial charge in [-0.2, -0.15) is 0 Å². The molecule has 1 aromatic heterocycles. The Morgan fingerprint density at radius 2 is 2.31 bits per heavy atom. The van der Waals surface area contributed by atoms with Gasteiger partial charge < -0.3 is 0 Å². The van der Waals surface area contributed by atoms with E-state index >= 15 is 0 Å². The van der Waals surface area contributed by atoms with Gasteiger partial charge in [0.25, 0.3) is 0 Å². The van der Waals surface area contributed by atoms with Gasteiger partial charge in [-0.1, -0.05) is 19.9 Å². The Morgan fingerprint density at radius 1 is 1.56 bits per heavy atom. The third kappa shape index (κ3) is 2.30. The largest absolute Gasteiger partial charge is 0.298 e. The van der Waals surface area contributed by atoms with Gasteiger partial charge in [0.2, 0.25) is 0 Å². The highest BCUT2D eigenvalue weighted by Gasteiger charge is 2.29. The van der Waals surface area contributed by atoms with Crippen LogP contribution in [-0.4, -0.2) is 29.3 Å². The molecule has 0 aliphatic carbocycles. The van der Waals surface area contributed by atoms with Crippen LogP contribution < -0.4 is 0 Å². The monoisotopic (exact) mass is 218 g/mol.